The number of rotatable bonds is 19. The first kappa shape index (κ1) is 24.7. The van der Waals surface area contributed by atoms with Gasteiger partial charge >= 0.3 is 5.97 Å². The third kappa shape index (κ3) is 22.7. The normalized spacial score (nSPS) is 12.0. The van der Waals surface area contributed by atoms with Crippen LogP contribution in [0.5, 0.6) is 0 Å². The molecule has 0 unspecified atom stereocenters. The molecule has 150 valence electrons. The number of hydrogen-bond acceptors (Lipinski definition) is 1. The van der Waals surface area contributed by atoms with E-state index in [2.05, 4.69) is 13.0 Å². The Kier molecular flexibility index (Phi) is 20.6. The molecule has 0 aromatic heterocycles. The molecule has 0 aliphatic heterocycles. The lowest BCUT2D eigenvalue weighted by atomic mass is 10.0. The van der Waals surface area contributed by atoms with Gasteiger partial charge in [0.15, 0.2) is 0 Å². The van der Waals surface area contributed by atoms with Crippen LogP contribution in [0.25, 0.3) is 0 Å². The molecule has 26 heavy (non-hydrogen) atoms. The van der Waals surface area contributed by atoms with Crippen molar-refractivity contribution < 1.29 is 9.90 Å². The Balaban J connectivity index is 3.16. The van der Waals surface area contributed by atoms with Crippen LogP contribution in [0.4, 0.5) is 0 Å². The van der Waals surface area contributed by atoms with Crippen molar-refractivity contribution in [2.45, 2.75) is 110 Å². The van der Waals surface area contributed by atoms with Crippen molar-refractivity contribution >= 4 is 5.97 Å². The van der Waals surface area contributed by atoms with Crippen molar-refractivity contribution in [2.24, 2.45) is 0 Å². The first-order valence-corrected chi connectivity index (χ1v) is 11.0. The van der Waals surface area contributed by atoms with Crippen molar-refractivity contribution in [1.29, 1.82) is 0 Å². The van der Waals surface area contributed by atoms with Gasteiger partial charge in [0.2, 0.25) is 0 Å². The van der Waals surface area contributed by atoms with Crippen LogP contribution in [0.1, 0.15) is 110 Å². The molecular formula is C24H42O2. The van der Waals surface area contributed by atoms with Gasteiger partial charge in [0, 0.05) is 6.08 Å². The van der Waals surface area contributed by atoms with Gasteiger partial charge in [-0.1, -0.05) is 127 Å². The Bertz CT molecular complexity index is 380. The molecule has 0 saturated carbocycles. The van der Waals surface area contributed by atoms with E-state index in [9.17, 15) is 4.79 Å². The molecule has 2 nitrogen and oxygen atoms in total. The van der Waals surface area contributed by atoms with E-state index in [0.717, 1.165) is 12.5 Å². The highest BCUT2D eigenvalue weighted by atomic mass is 16.4. The summed E-state index contributed by atoms with van der Waals surface area (Å²) in [4.78, 5) is 10.3. The maximum atomic E-state index is 10.3. The van der Waals surface area contributed by atoms with Crippen LogP contribution >= 0.6 is 0 Å². The van der Waals surface area contributed by atoms with Crippen molar-refractivity contribution in [2.75, 3.05) is 0 Å². The van der Waals surface area contributed by atoms with E-state index in [0.29, 0.717) is 0 Å². The minimum Gasteiger partial charge on any atom is -0.478 e. The Labute approximate surface area is 162 Å². The summed E-state index contributed by atoms with van der Waals surface area (Å²) in [5.41, 5.74) is 0. The van der Waals surface area contributed by atoms with Crippen LogP contribution in [-0.4, -0.2) is 11.1 Å². The van der Waals surface area contributed by atoms with Gasteiger partial charge in [-0.15, -0.1) is 0 Å². The molecular weight excluding hydrogens is 320 g/mol. The lowest BCUT2D eigenvalue weighted by Gasteiger charge is -2.03. The molecule has 0 aromatic carbocycles. The maximum Gasteiger partial charge on any atom is 0.328 e. The number of unbranched alkanes of at least 4 members (excludes halogenated alkanes) is 15. The zero-order valence-electron chi connectivity index (χ0n) is 17.1. The summed E-state index contributed by atoms with van der Waals surface area (Å²) in [5.74, 6) is -0.906. The molecule has 0 heterocycles. The summed E-state index contributed by atoms with van der Waals surface area (Å²) < 4.78 is 0. The number of allylic oxidation sites excluding steroid dienone is 5. The van der Waals surface area contributed by atoms with E-state index in [4.69, 9.17) is 5.11 Å². The van der Waals surface area contributed by atoms with E-state index in [1.807, 2.05) is 12.2 Å². The SMILES string of the molecule is CCCCCCCCCCCCCCCCC/C=C/C=C/C=C/C(=O)O. The predicted molar refractivity (Wildman–Crippen MR) is 115 cm³/mol. The summed E-state index contributed by atoms with van der Waals surface area (Å²) in [7, 11) is 0. The molecule has 0 fully saturated rings. The highest BCUT2D eigenvalue weighted by Crippen LogP contribution is 2.13. The second-order valence-electron chi connectivity index (χ2n) is 7.25. The number of carboxylic acids is 1. The summed E-state index contributed by atoms with van der Waals surface area (Å²) in [6, 6.07) is 0. The molecule has 0 atom stereocenters. The second-order valence-corrected chi connectivity index (χ2v) is 7.25. The zero-order valence-corrected chi connectivity index (χ0v) is 17.1. The van der Waals surface area contributed by atoms with E-state index in [-0.39, 0.29) is 0 Å². The fraction of sp³-hybridized carbons (Fsp3) is 0.708. The van der Waals surface area contributed by atoms with Crippen LogP contribution in [-0.2, 0) is 4.79 Å². The van der Waals surface area contributed by atoms with Gasteiger partial charge in [-0.3, -0.25) is 0 Å². The number of carboxylic acid groups (broad SMARTS) is 1. The molecule has 0 spiro atoms. The standard InChI is InChI=1S/C24H42O2/c1-2-3-4-5-6-7-8-9-10-11-12-13-14-15-16-17-18-19-20-21-22-23-24(25)26/h18-23H,2-17H2,1H3,(H,25,26)/b19-18+,21-20+,23-22+. The molecule has 0 aromatic rings. The van der Waals surface area contributed by atoms with Crippen molar-refractivity contribution in [3.8, 4) is 0 Å². The molecule has 0 rings (SSSR count). The van der Waals surface area contributed by atoms with Crippen LogP contribution in [0.3, 0.4) is 0 Å². The maximum absolute atomic E-state index is 10.3. The average Bonchev–Trinajstić information content (AvgIpc) is 2.62. The number of aliphatic carboxylic acids is 1. The van der Waals surface area contributed by atoms with Gasteiger partial charge in [-0.2, -0.15) is 0 Å². The fourth-order valence-electron chi connectivity index (χ4n) is 3.07. The Morgan fingerprint density at radius 2 is 1.04 bits per heavy atom. The molecule has 0 radical (unpaired) electrons. The summed E-state index contributed by atoms with van der Waals surface area (Å²) in [6.07, 6.45) is 32.6. The lowest BCUT2D eigenvalue weighted by Crippen LogP contribution is -1.84. The Morgan fingerprint density at radius 1 is 0.615 bits per heavy atom. The third-order valence-corrected chi connectivity index (χ3v) is 4.68. The van der Waals surface area contributed by atoms with Gasteiger partial charge in [-0.25, -0.2) is 4.79 Å². The van der Waals surface area contributed by atoms with Crippen molar-refractivity contribution in [1.82, 2.24) is 0 Å². The molecule has 1 N–H and O–H groups in total. The second kappa shape index (κ2) is 21.7. The van der Waals surface area contributed by atoms with Gasteiger partial charge in [0.25, 0.3) is 0 Å². The van der Waals surface area contributed by atoms with E-state index >= 15 is 0 Å². The minimum atomic E-state index is -0.906. The van der Waals surface area contributed by atoms with E-state index in [1.54, 1.807) is 12.2 Å². The first-order valence-electron chi connectivity index (χ1n) is 11.0. The zero-order chi connectivity index (χ0) is 19.1. The van der Waals surface area contributed by atoms with Crippen LogP contribution in [0.15, 0.2) is 36.5 Å². The van der Waals surface area contributed by atoms with E-state index in [1.165, 1.54) is 96.3 Å². The average molecular weight is 363 g/mol. The first-order chi connectivity index (χ1) is 12.8. The molecule has 0 saturated heterocycles. The highest BCUT2D eigenvalue weighted by molar-refractivity contribution is 5.80. The molecule has 0 aliphatic rings. The largest absolute Gasteiger partial charge is 0.478 e. The van der Waals surface area contributed by atoms with Crippen LogP contribution < -0.4 is 0 Å². The van der Waals surface area contributed by atoms with Crippen molar-refractivity contribution in [3.05, 3.63) is 36.5 Å². The Hall–Kier alpha value is -1.31. The fourth-order valence-corrected chi connectivity index (χ4v) is 3.07. The van der Waals surface area contributed by atoms with Gasteiger partial charge in [0.1, 0.15) is 0 Å². The summed E-state index contributed by atoms with van der Waals surface area (Å²) in [6.45, 7) is 2.28. The lowest BCUT2D eigenvalue weighted by molar-refractivity contribution is -0.131. The van der Waals surface area contributed by atoms with Crippen molar-refractivity contribution in [3.63, 3.8) is 0 Å². The molecule has 2 heteroatoms. The predicted octanol–water partition coefficient (Wildman–Crippen LogP) is 8.00. The van der Waals surface area contributed by atoms with Gasteiger partial charge in [0.05, 0.1) is 0 Å². The third-order valence-electron chi connectivity index (χ3n) is 4.68. The quantitative estimate of drug-likeness (QED) is 0.143. The smallest absolute Gasteiger partial charge is 0.328 e. The minimum absolute atomic E-state index is 0.906. The molecule has 0 aliphatic carbocycles. The number of carbonyl (C=O) groups is 1. The molecule has 0 bridgehead atoms. The Morgan fingerprint density at radius 3 is 1.50 bits per heavy atom. The summed E-state index contributed by atoms with van der Waals surface area (Å²) >= 11 is 0. The van der Waals surface area contributed by atoms with Crippen LogP contribution in [0.2, 0.25) is 0 Å². The van der Waals surface area contributed by atoms with Gasteiger partial charge in [-0.05, 0) is 12.8 Å². The molecule has 0 amide bonds. The van der Waals surface area contributed by atoms with Gasteiger partial charge < -0.3 is 5.11 Å². The van der Waals surface area contributed by atoms with Crippen LogP contribution in [0, 0.1) is 0 Å². The number of hydrogen-bond donors (Lipinski definition) is 1. The topological polar surface area (TPSA) is 37.3 Å². The summed E-state index contributed by atoms with van der Waals surface area (Å²) in [5, 5.41) is 8.43. The van der Waals surface area contributed by atoms with E-state index < -0.39 is 5.97 Å². The monoisotopic (exact) mass is 362 g/mol. The highest BCUT2D eigenvalue weighted by Gasteiger charge is 1.94.